The molecule has 0 saturated carbocycles. The summed E-state index contributed by atoms with van der Waals surface area (Å²) >= 11 is 1.76. The minimum Gasteiger partial charge on any atom is -0.496 e. The molecule has 1 amide bonds. The van der Waals surface area contributed by atoms with E-state index in [-0.39, 0.29) is 11.9 Å². The summed E-state index contributed by atoms with van der Waals surface area (Å²) in [6.45, 7) is 5.14. The Kier molecular flexibility index (Phi) is 7.07. The Bertz CT molecular complexity index is 749. The van der Waals surface area contributed by atoms with Crippen molar-refractivity contribution in [3.63, 3.8) is 0 Å². The summed E-state index contributed by atoms with van der Waals surface area (Å²) in [5, 5.41) is 5.20. The fourth-order valence-corrected chi connectivity index (χ4v) is 4.32. The molecule has 1 unspecified atom stereocenters. The SMILES string of the molecule is COc1ccccc1/C=C/C(=O)NCC(c1cccs1)N1CCC(C)CC1. The summed E-state index contributed by atoms with van der Waals surface area (Å²) < 4.78 is 5.32. The molecule has 0 radical (unpaired) electrons. The van der Waals surface area contributed by atoms with Gasteiger partial charge in [0.05, 0.1) is 13.2 Å². The Hall–Kier alpha value is -2.11. The van der Waals surface area contributed by atoms with Crippen LogP contribution in [0.2, 0.25) is 0 Å². The Labute approximate surface area is 165 Å². The van der Waals surface area contributed by atoms with Crippen LogP contribution in [-0.2, 0) is 4.79 Å². The number of amides is 1. The van der Waals surface area contributed by atoms with Gasteiger partial charge in [-0.05, 0) is 55.4 Å². The second-order valence-corrected chi connectivity index (χ2v) is 8.05. The van der Waals surface area contributed by atoms with Crippen molar-refractivity contribution < 1.29 is 9.53 Å². The lowest BCUT2D eigenvalue weighted by Crippen LogP contribution is -2.41. The summed E-state index contributed by atoms with van der Waals surface area (Å²) in [5.74, 6) is 1.48. The molecule has 2 heterocycles. The number of piperidine rings is 1. The fraction of sp³-hybridized carbons (Fsp3) is 0.409. The highest BCUT2D eigenvalue weighted by Gasteiger charge is 2.25. The van der Waals surface area contributed by atoms with E-state index in [9.17, 15) is 4.79 Å². The van der Waals surface area contributed by atoms with Gasteiger partial charge in [-0.25, -0.2) is 0 Å². The molecule has 0 bridgehead atoms. The average molecular weight is 385 g/mol. The van der Waals surface area contributed by atoms with Gasteiger partial charge in [-0.3, -0.25) is 9.69 Å². The largest absolute Gasteiger partial charge is 0.496 e. The summed E-state index contributed by atoms with van der Waals surface area (Å²) in [6.07, 6.45) is 5.84. The Morgan fingerprint density at radius 3 is 2.78 bits per heavy atom. The number of likely N-dealkylation sites (tertiary alicyclic amines) is 1. The lowest BCUT2D eigenvalue weighted by atomic mass is 9.97. The number of nitrogens with one attached hydrogen (secondary N) is 1. The molecule has 5 heteroatoms. The van der Waals surface area contributed by atoms with Gasteiger partial charge >= 0.3 is 0 Å². The van der Waals surface area contributed by atoms with Crippen LogP contribution in [0.15, 0.2) is 47.9 Å². The highest BCUT2D eigenvalue weighted by Crippen LogP contribution is 2.29. The minimum atomic E-state index is -0.0761. The maximum Gasteiger partial charge on any atom is 0.244 e. The van der Waals surface area contributed by atoms with E-state index in [4.69, 9.17) is 4.74 Å². The van der Waals surface area contributed by atoms with Crippen molar-refractivity contribution in [1.82, 2.24) is 10.2 Å². The lowest BCUT2D eigenvalue weighted by molar-refractivity contribution is -0.116. The van der Waals surface area contributed by atoms with Crippen LogP contribution in [0.5, 0.6) is 5.75 Å². The monoisotopic (exact) mass is 384 g/mol. The lowest BCUT2D eigenvalue weighted by Gasteiger charge is -2.36. The topological polar surface area (TPSA) is 41.6 Å². The van der Waals surface area contributed by atoms with Gasteiger partial charge in [0.1, 0.15) is 5.75 Å². The predicted octanol–water partition coefficient (Wildman–Crippen LogP) is 4.36. The summed E-state index contributed by atoms with van der Waals surface area (Å²) in [4.78, 5) is 16.2. The number of rotatable bonds is 7. The Morgan fingerprint density at radius 2 is 2.07 bits per heavy atom. The quantitative estimate of drug-likeness (QED) is 0.721. The van der Waals surface area contributed by atoms with Crippen molar-refractivity contribution in [3.05, 3.63) is 58.3 Å². The van der Waals surface area contributed by atoms with Crippen LogP contribution in [0.3, 0.4) is 0 Å². The third-order valence-corrected chi connectivity index (χ3v) is 6.13. The average Bonchev–Trinajstić information content (AvgIpc) is 3.22. The van der Waals surface area contributed by atoms with Crippen molar-refractivity contribution >= 4 is 23.3 Å². The van der Waals surface area contributed by atoms with Gasteiger partial charge in [0.25, 0.3) is 0 Å². The van der Waals surface area contributed by atoms with Crippen LogP contribution < -0.4 is 10.1 Å². The molecule has 144 valence electrons. The van der Waals surface area contributed by atoms with Gasteiger partial charge in [-0.15, -0.1) is 11.3 Å². The molecule has 1 atom stereocenters. The van der Waals surface area contributed by atoms with Crippen LogP contribution in [-0.4, -0.2) is 37.6 Å². The number of nitrogens with zero attached hydrogens (tertiary/aromatic N) is 1. The Morgan fingerprint density at radius 1 is 1.30 bits per heavy atom. The molecule has 1 aliphatic heterocycles. The summed E-state index contributed by atoms with van der Waals surface area (Å²) in [5.41, 5.74) is 0.898. The zero-order valence-electron chi connectivity index (χ0n) is 16.1. The standard InChI is InChI=1S/C22H28N2O2S/c1-17-11-13-24(14-12-17)19(21-8-5-15-27-21)16-23-22(25)10-9-18-6-3-4-7-20(18)26-2/h3-10,15,17,19H,11-14,16H2,1-2H3,(H,23,25)/b10-9+. The van der Waals surface area contributed by atoms with Crippen LogP contribution >= 0.6 is 11.3 Å². The third-order valence-electron chi connectivity index (χ3n) is 5.15. The number of carbonyl (C=O) groups is 1. The first-order valence-corrected chi connectivity index (χ1v) is 10.4. The van der Waals surface area contributed by atoms with Gasteiger partial charge in [-0.2, -0.15) is 0 Å². The van der Waals surface area contributed by atoms with Crippen LogP contribution in [0.4, 0.5) is 0 Å². The molecule has 27 heavy (non-hydrogen) atoms. The Balaban J connectivity index is 1.61. The molecule has 1 N–H and O–H groups in total. The van der Waals surface area contributed by atoms with E-state index in [1.54, 1.807) is 30.6 Å². The van der Waals surface area contributed by atoms with E-state index >= 15 is 0 Å². The molecular formula is C22H28N2O2S. The first-order valence-electron chi connectivity index (χ1n) is 9.53. The first kappa shape index (κ1) is 19.6. The van der Waals surface area contributed by atoms with Crippen LogP contribution in [0, 0.1) is 5.92 Å². The highest BCUT2D eigenvalue weighted by molar-refractivity contribution is 7.10. The van der Waals surface area contributed by atoms with Gasteiger partial charge in [0.15, 0.2) is 0 Å². The van der Waals surface area contributed by atoms with Crippen molar-refractivity contribution in [2.45, 2.75) is 25.8 Å². The molecular weight excluding hydrogens is 356 g/mol. The minimum absolute atomic E-state index is 0.0761. The first-order chi connectivity index (χ1) is 13.2. The predicted molar refractivity (Wildman–Crippen MR) is 112 cm³/mol. The van der Waals surface area contributed by atoms with E-state index in [1.165, 1.54) is 17.7 Å². The van der Waals surface area contributed by atoms with Gasteiger partial charge in [-0.1, -0.05) is 31.2 Å². The van der Waals surface area contributed by atoms with Gasteiger partial charge in [0, 0.05) is 23.1 Å². The number of thiophene rings is 1. The number of methoxy groups -OCH3 is 1. The third kappa shape index (κ3) is 5.44. The number of hydrogen-bond donors (Lipinski definition) is 1. The van der Waals surface area contributed by atoms with Crippen molar-refractivity contribution in [2.75, 3.05) is 26.7 Å². The maximum atomic E-state index is 12.4. The maximum absolute atomic E-state index is 12.4. The van der Waals surface area contributed by atoms with E-state index < -0.39 is 0 Å². The fourth-order valence-electron chi connectivity index (χ4n) is 3.46. The number of para-hydroxylation sites is 1. The molecule has 1 fully saturated rings. The molecule has 1 aromatic heterocycles. The van der Waals surface area contributed by atoms with Crippen molar-refractivity contribution in [3.8, 4) is 5.75 Å². The summed E-state index contributed by atoms with van der Waals surface area (Å²) in [6, 6.07) is 12.2. The summed E-state index contributed by atoms with van der Waals surface area (Å²) in [7, 11) is 1.64. The molecule has 1 aliphatic rings. The van der Waals surface area contributed by atoms with Crippen LogP contribution in [0.1, 0.15) is 36.2 Å². The van der Waals surface area contributed by atoms with Crippen molar-refractivity contribution in [1.29, 1.82) is 0 Å². The number of benzene rings is 1. The smallest absolute Gasteiger partial charge is 0.244 e. The van der Waals surface area contributed by atoms with E-state index in [1.807, 2.05) is 24.3 Å². The van der Waals surface area contributed by atoms with Gasteiger partial charge in [0.2, 0.25) is 5.91 Å². The second kappa shape index (κ2) is 9.72. The molecule has 4 nitrogen and oxygen atoms in total. The number of carbonyl (C=O) groups excluding carboxylic acids is 1. The van der Waals surface area contributed by atoms with Crippen LogP contribution in [0.25, 0.3) is 6.08 Å². The zero-order valence-corrected chi connectivity index (χ0v) is 16.9. The normalized spacial score (nSPS) is 17.1. The van der Waals surface area contributed by atoms with E-state index in [0.29, 0.717) is 6.54 Å². The number of ether oxygens (including phenoxy) is 1. The van der Waals surface area contributed by atoms with Gasteiger partial charge < -0.3 is 10.1 Å². The van der Waals surface area contributed by atoms with E-state index in [2.05, 4.69) is 34.7 Å². The molecule has 0 spiro atoms. The zero-order chi connectivity index (χ0) is 19.1. The molecule has 1 saturated heterocycles. The molecule has 1 aromatic carbocycles. The highest BCUT2D eigenvalue weighted by atomic mass is 32.1. The second-order valence-electron chi connectivity index (χ2n) is 7.07. The van der Waals surface area contributed by atoms with E-state index in [0.717, 1.165) is 30.3 Å². The number of hydrogen-bond acceptors (Lipinski definition) is 4. The molecule has 0 aliphatic carbocycles. The molecule has 3 rings (SSSR count). The molecule has 2 aromatic rings. The van der Waals surface area contributed by atoms with Crippen molar-refractivity contribution in [2.24, 2.45) is 5.92 Å².